The topological polar surface area (TPSA) is 99.5 Å². The number of amides is 1. The molecule has 31 heavy (non-hydrogen) atoms. The van der Waals surface area contributed by atoms with Crippen molar-refractivity contribution in [2.24, 2.45) is 0 Å². The number of nitrogens with zero attached hydrogens (tertiary/aromatic N) is 2. The standard InChI is InChI=1S/C21H21F2N3O4S/c1-13-11-26(12-14(2)30-13)31(28,29)17-5-3-4-15(8-17)21(27)25-20(10-24)18-7-6-16(22)9-19(18)23/h3-9,13-14,20H,11-12H2,1-2H3,(H,25,27). The lowest BCUT2D eigenvalue weighted by Gasteiger charge is -2.34. The second-order valence-corrected chi connectivity index (χ2v) is 9.25. The number of hydrogen-bond donors (Lipinski definition) is 1. The third kappa shape index (κ3) is 5.07. The number of rotatable bonds is 5. The Morgan fingerprint density at radius 1 is 1.19 bits per heavy atom. The maximum atomic E-state index is 14.0. The quantitative estimate of drug-likeness (QED) is 0.757. The Morgan fingerprint density at radius 3 is 2.48 bits per heavy atom. The second kappa shape index (κ2) is 9.09. The molecule has 1 N–H and O–H groups in total. The van der Waals surface area contributed by atoms with Crippen molar-refractivity contribution >= 4 is 15.9 Å². The van der Waals surface area contributed by atoms with Gasteiger partial charge in [0, 0.05) is 30.3 Å². The summed E-state index contributed by atoms with van der Waals surface area (Å²) in [6.45, 7) is 3.92. The van der Waals surface area contributed by atoms with Crippen LogP contribution in [0.25, 0.3) is 0 Å². The first kappa shape index (κ1) is 22.8. The van der Waals surface area contributed by atoms with E-state index in [0.717, 1.165) is 12.1 Å². The highest BCUT2D eigenvalue weighted by molar-refractivity contribution is 7.89. The van der Waals surface area contributed by atoms with Crippen LogP contribution in [0.3, 0.4) is 0 Å². The van der Waals surface area contributed by atoms with Crippen LogP contribution in [0.5, 0.6) is 0 Å². The number of benzene rings is 2. The van der Waals surface area contributed by atoms with Crippen LogP contribution in [0.1, 0.15) is 35.8 Å². The van der Waals surface area contributed by atoms with Gasteiger partial charge in [-0.1, -0.05) is 12.1 Å². The molecule has 1 amide bonds. The number of carbonyl (C=O) groups is 1. The Balaban J connectivity index is 1.83. The maximum Gasteiger partial charge on any atom is 0.252 e. The minimum Gasteiger partial charge on any atom is -0.373 e. The fraction of sp³-hybridized carbons (Fsp3) is 0.333. The van der Waals surface area contributed by atoms with Gasteiger partial charge in [-0.15, -0.1) is 0 Å². The Labute approximate surface area is 179 Å². The van der Waals surface area contributed by atoms with Crippen molar-refractivity contribution in [2.75, 3.05) is 13.1 Å². The Bertz CT molecular complexity index is 1120. The number of halogens is 2. The van der Waals surface area contributed by atoms with Gasteiger partial charge in [0.1, 0.15) is 17.7 Å². The highest BCUT2D eigenvalue weighted by atomic mass is 32.2. The molecule has 2 aromatic carbocycles. The first-order valence-electron chi connectivity index (χ1n) is 9.53. The molecule has 1 aliphatic rings. The van der Waals surface area contributed by atoms with Crippen molar-refractivity contribution in [1.29, 1.82) is 5.26 Å². The highest BCUT2D eigenvalue weighted by Crippen LogP contribution is 2.23. The zero-order valence-corrected chi connectivity index (χ0v) is 17.7. The van der Waals surface area contributed by atoms with Crippen LogP contribution in [0.15, 0.2) is 47.4 Å². The van der Waals surface area contributed by atoms with Gasteiger partial charge < -0.3 is 10.1 Å². The smallest absolute Gasteiger partial charge is 0.252 e. The van der Waals surface area contributed by atoms with Gasteiger partial charge in [-0.25, -0.2) is 17.2 Å². The zero-order chi connectivity index (χ0) is 22.8. The molecule has 3 unspecified atom stereocenters. The molecule has 10 heteroatoms. The number of sulfonamides is 1. The van der Waals surface area contributed by atoms with Gasteiger partial charge in [0.2, 0.25) is 10.0 Å². The fourth-order valence-electron chi connectivity index (χ4n) is 3.40. The summed E-state index contributed by atoms with van der Waals surface area (Å²) < 4.78 is 60.0. The largest absolute Gasteiger partial charge is 0.373 e. The van der Waals surface area contributed by atoms with Crippen LogP contribution in [0.2, 0.25) is 0 Å². The van der Waals surface area contributed by atoms with Crippen molar-refractivity contribution < 1.29 is 26.7 Å². The van der Waals surface area contributed by atoms with Crippen molar-refractivity contribution in [2.45, 2.75) is 37.0 Å². The molecule has 1 aliphatic heterocycles. The SMILES string of the molecule is CC1CN(S(=O)(=O)c2cccc(C(=O)NC(C#N)c3ccc(F)cc3F)c2)CC(C)O1. The molecule has 0 bridgehead atoms. The second-order valence-electron chi connectivity index (χ2n) is 7.31. The lowest BCUT2D eigenvalue weighted by molar-refractivity contribution is -0.0440. The molecule has 1 fully saturated rings. The Morgan fingerprint density at radius 2 is 1.87 bits per heavy atom. The van der Waals surface area contributed by atoms with E-state index in [4.69, 9.17) is 4.74 Å². The van der Waals surface area contributed by atoms with Crippen molar-refractivity contribution in [3.8, 4) is 6.07 Å². The molecule has 3 atom stereocenters. The van der Waals surface area contributed by atoms with Crippen LogP contribution in [-0.4, -0.2) is 43.9 Å². The van der Waals surface area contributed by atoms with Gasteiger partial charge >= 0.3 is 0 Å². The molecule has 1 saturated heterocycles. The molecule has 7 nitrogen and oxygen atoms in total. The lowest BCUT2D eigenvalue weighted by Crippen LogP contribution is -2.48. The average molecular weight is 449 g/mol. The predicted octanol–water partition coefficient (Wildman–Crippen LogP) is 2.76. The third-order valence-electron chi connectivity index (χ3n) is 4.80. The molecule has 1 heterocycles. The molecule has 3 rings (SSSR count). The molecular formula is C21H21F2N3O4S. The van der Waals surface area contributed by atoms with E-state index >= 15 is 0 Å². The van der Waals surface area contributed by atoms with Crippen molar-refractivity contribution in [3.63, 3.8) is 0 Å². The summed E-state index contributed by atoms with van der Waals surface area (Å²) in [6, 6.07) is 8.40. The summed E-state index contributed by atoms with van der Waals surface area (Å²) in [6.07, 6.45) is -0.543. The minimum absolute atomic E-state index is 0.0156. The molecule has 2 aromatic rings. The van der Waals surface area contributed by atoms with Crippen LogP contribution in [0.4, 0.5) is 8.78 Å². The van der Waals surface area contributed by atoms with Crippen LogP contribution < -0.4 is 5.32 Å². The number of hydrogen-bond acceptors (Lipinski definition) is 5. The molecule has 0 saturated carbocycles. The normalized spacial score (nSPS) is 20.6. The van der Waals surface area contributed by atoms with Crippen LogP contribution in [0, 0.1) is 23.0 Å². The van der Waals surface area contributed by atoms with Gasteiger partial charge in [-0.3, -0.25) is 4.79 Å². The van der Waals surface area contributed by atoms with E-state index < -0.39 is 33.6 Å². The van der Waals surface area contributed by atoms with E-state index in [-0.39, 0.29) is 41.3 Å². The van der Waals surface area contributed by atoms with Gasteiger partial charge in [0.05, 0.1) is 23.2 Å². The molecule has 0 aromatic heterocycles. The number of morpholine rings is 1. The van der Waals surface area contributed by atoms with Crippen molar-refractivity contribution in [3.05, 3.63) is 65.2 Å². The highest BCUT2D eigenvalue weighted by Gasteiger charge is 2.32. The summed E-state index contributed by atoms with van der Waals surface area (Å²) in [4.78, 5) is 12.6. The molecule has 0 aliphatic carbocycles. The lowest BCUT2D eigenvalue weighted by atomic mass is 10.1. The van der Waals surface area contributed by atoms with Gasteiger partial charge in [-0.05, 0) is 38.1 Å². The van der Waals surface area contributed by atoms with E-state index in [1.54, 1.807) is 19.9 Å². The first-order chi connectivity index (χ1) is 14.6. The van der Waals surface area contributed by atoms with E-state index in [0.29, 0.717) is 6.07 Å². The summed E-state index contributed by atoms with van der Waals surface area (Å²) in [5.74, 6) is -2.55. The minimum atomic E-state index is -3.87. The van der Waals surface area contributed by atoms with Crippen LogP contribution in [-0.2, 0) is 14.8 Å². The Hall–Kier alpha value is -2.87. The average Bonchev–Trinajstić information content (AvgIpc) is 2.71. The van der Waals surface area contributed by atoms with E-state index in [1.807, 2.05) is 0 Å². The van der Waals surface area contributed by atoms with Crippen molar-refractivity contribution in [1.82, 2.24) is 9.62 Å². The first-order valence-corrected chi connectivity index (χ1v) is 11.0. The Kier molecular flexibility index (Phi) is 6.69. The third-order valence-corrected chi connectivity index (χ3v) is 6.63. The summed E-state index contributed by atoms with van der Waals surface area (Å²) in [5.41, 5.74) is -0.212. The number of ether oxygens (including phenoxy) is 1. The van der Waals surface area contributed by atoms with E-state index in [2.05, 4.69) is 5.32 Å². The van der Waals surface area contributed by atoms with Crippen LogP contribution >= 0.6 is 0 Å². The summed E-state index contributed by atoms with van der Waals surface area (Å²) in [5, 5.41) is 11.7. The van der Waals surface area contributed by atoms with Gasteiger partial charge in [0.25, 0.3) is 5.91 Å². The number of nitriles is 1. The van der Waals surface area contributed by atoms with E-state index in [1.165, 1.54) is 28.6 Å². The summed E-state index contributed by atoms with van der Waals surface area (Å²) in [7, 11) is -3.87. The number of carbonyl (C=O) groups excluding carboxylic acids is 1. The van der Waals surface area contributed by atoms with Gasteiger partial charge in [0.15, 0.2) is 0 Å². The summed E-state index contributed by atoms with van der Waals surface area (Å²) >= 11 is 0. The number of nitrogens with one attached hydrogen (secondary N) is 1. The zero-order valence-electron chi connectivity index (χ0n) is 16.9. The molecule has 164 valence electrons. The molecule has 0 radical (unpaired) electrons. The van der Waals surface area contributed by atoms with E-state index in [9.17, 15) is 27.3 Å². The monoisotopic (exact) mass is 449 g/mol. The molecular weight excluding hydrogens is 428 g/mol. The predicted molar refractivity (Wildman–Crippen MR) is 107 cm³/mol. The molecule has 0 spiro atoms. The maximum absolute atomic E-state index is 14.0. The fourth-order valence-corrected chi connectivity index (χ4v) is 5.04. The van der Waals surface area contributed by atoms with Gasteiger partial charge in [-0.2, -0.15) is 9.57 Å².